The average Bonchev–Trinajstić information content (AvgIpc) is 3.96. The molecular weight excluding hydrogens is 1010 g/mol. The fraction of sp³-hybridized carbons (Fsp3) is 0.508. The van der Waals surface area contributed by atoms with Gasteiger partial charge in [-0.25, -0.2) is 4.79 Å². The Balaban J connectivity index is 0.956. The number of esters is 1. The number of rotatable bonds is 17. The minimum absolute atomic E-state index is 0.0364. The van der Waals surface area contributed by atoms with Crippen LogP contribution in [0.15, 0.2) is 91.0 Å². The Morgan fingerprint density at radius 3 is 1.65 bits per heavy atom. The maximum atomic E-state index is 14.9. The van der Waals surface area contributed by atoms with Gasteiger partial charge >= 0.3 is 5.97 Å². The summed E-state index contributed by atoms with van der Waals surface area (Å²) in [7, 11) is 3.35. The molecule has 8 rings (SSSR count). The van der Waals surface area contributed by atoms with Crippen LogP contribution >= 0.6 is 0 Å². The van der Waals surface area contributed by atoms with Gasteiger partial charge in [0.1, 0.15) is 29.9 Å². The monoisotopic (exact) mass is 1090 g/mol. The molecule has 0 saturated carbocycles. The van der Waals surface area contributed by atoms with E-state index in [2.05, 4.69) is 44.0 Å². The summed E-state index contributed by atoms with van der Waals surface area (Å²) in [6, 6.07) is 23.2. The summed E-state index contributed by atoms with van der Waals surface area (Å²) in [5.41, 5.74) is 5.74. The fourth-order valence-electron chi connectivity index (χ4n) is 11.4. The predicted octanol–water partition coefficient (Wildman–Crippen LogP) is 6.31. The van der Waals surface area contributed by atoms with Crippen LogP contribution in [0.25, 0.3) is 0 Å². The summed E-state index contributed by atoms with van der Waals surface area (Å²) in [6.45, 7) is 15.0. The van der Waals surface area contributed by atoms with Crippen LogP contribution in [0.3, 0.4) is 0 Å². The molecule has 6 N–H and O–H groups in total. The molecule has 0 aromatic heterocycles. The number of amides is 6. The smallest absolute Gasteiger partial charge is 0.343 e. The molecule has 1 fully saturated rings. The highest BCUT2D eigenvalue weighted by molar-refractivity contribution is 5.96. The van der Waals surface area contributed by atoms with Gasteiger partial charge in [0.25, 0.3) is 0 Å². The summed E-state index contributed by atoms with van der Waals surface area (Å²) < 4.78 is 12.4. The first-order chi connectivity index (χ1) is 38.0. The Labute approximate surface area is 471 Å². The first kappa shape index (κ1) is 59.2. The van der Waals surface area contributed by atoms with E-state index in [0.29, 0.717) is 5.56 Å². The van der Waals surface area contributed by atoms with Crippen LogP contribution in [-0.4, -0.2) is 114 Å². The maximum absolute atomic E-state index is 14.9. The van der Waals surface area contributed by atoms with Crippen molar-refractivity contribution in [1.29, 1.82) is 0 Å². The standard InChI is InChI=1S/C63H82N8O9/c1-37(64-9)55(72)68-53(62(3,4)5)59(76)70-34-44-31-45(30-29-43(44)32-51(70)57(74)66-49-23-15-19-40-17-11-13-21-47(40)49)80-61(78)42-27-25-39(26-28-42)36-79-46-33-52(58(75)67-50-24-16-20-41-18-12-14-22-48(41)50)71(35-46)60(77)54(63(6,7)8)69-56(73)38(2)65-10/h11-14,17-18,21-22,25-31,37-38,46,49-54,64-65H,15-16,19-20,23-24,32-36H2,1-10H3,(H,66,74)(H,67,75)(H,68,72)(H,69,73). The lowest BCUT2D eigenvalue weighted by Gasteiger charge is -2.41. The number of carbonyl (C=O) groups excluding carboxylic acids is 7. The summed E-state index contributed by atoms with van der Waals surface area (Å²) in [5, 5.41) is 18.3. The fourth-order valence-corrected chi connectivity index (χ4v) is 11.4. The Bertz CT molecular complexity index is 2930. The molecule has 4 aromatic carbocycles. The molecular formula is C63H82N8O9. The lowest BCUT2D eigenvalue weighted by molar-refractivity contribution is -0.147. The zero-order valence-corrected chi connectivity index (χ0v) is 48.2. The Morgan fingerprint density at radius 2 is 1.12 bits per heavy atom. The van der Waals surface area contributed by atoms with Crippen LogP contribution in [0, 0.1) is 10.8 Å². The van der Waals surface area contributed by atoms with E-state index in [9.17, 15) is 33.6 Å². The molecule has 80 heavy (non-hydrogen) atoms. The lowest BCUT2D eigenvalue weighted by atomic mass is 9.83. The van der Waals surface area contributed by atoms with Gasteiger partial charge in [0.15, 0.2) is 0 Å². The number of fused-ring (bicyclic) bond motifs is 3. The van der Waals surface area contributed by atoms with Gasteiger partial charge in [0.2, 0.25) is 35.4 Å². The second-order valence-electron chi connectivity index (χ2n) is 24.3. The molecule has 0 bridgehead atoms. The maximum Gasteiger partial charge on any atom is 0.343 e. The van der Waals surface area contributed by atoms with E-state index in [1.54, 1.807) is 74.1 Å². The van der Waals surface area contributed by atoms with Crippen molar-refractivity contribution in [3.63, 3.8) is 0 Å². The van der Waals surface area contributed by atoms with Crippen molar-refractivity contribution in [2.45, 2.75) is 174 Å². The van der Waals surface area contributed by atoms with Crippen LogP contribution in [0.5, 0.6) is 5.75 Å². The zero-order chi connectivity index (χ0) is 57.6. The van der Waals surface area contributed by atoms with Gasteiger partial charge in [0, 0.05) is 25.9 Å². The number of ether oxygens (including phenoxy) is 2. The SMILES string of the molecule is CNC(C)C(=O)NC(C(=O)N1Cc2cc(OC(=O)c3ccc(COC4CC(C(=O)NC5CCCc6ccccc65)N(C(=O)C(NC(=O)C(C)NC)C(C)(C)C)C4)cc3)ccc2CC1C(=O)NC1CCCc2ccccc21)C(C)(C)C. The second kappa shape index (κ2) is 25.2. The normalized spacial score (nSPS) is 21.3. The molecule has 17 nitrogen and oxygen atoms in total. The Morgan fingerprint density at radius 1 is 0.613 bits per heavy atom. The third-order valence-corrected chi connectivity index (χ3v) is 16.5. The largest absolute Gasteiger partial charge is 0.423 e. The summed E-state index contributed by atoms with van der Waals surface area (Å²) in [4.78, 5) is 102. The van der Waals surface area contributed by atoms with Crippen molar-refractivity contribution in [2.24, 2.45) is 10.8 Å². The van der Waals surface area contributed by atoms with Crippen molar-refractivity contribution in [1.82, 2.24) is 41.7 Å². The van der Waals surface area contributed by atoms with Gasteiger partial charge in [-0.1, -0.05) is 108 Å². The molecule has 428 valence electrons. The van der Waals surface area contributed by atoms with E-state index in [0.717, 1.165) is 60.8 Å². The second-order valence-corrected chi connectivity index (χ2v) is 24.3. The van der Waals surface area contributed by atoms with Crippen LogP contribution in [0.1, 0.15) is 149 Å². The van der Waals surface area contributed by atoms with Crippen molar-refractivity contribution >= 4 is 41.4 Å². The molecule has 2 aliphatic heterocycles. The molecule has 9 atom stereocenters. The summed E-state index contributed by atoms with van der Waals surface area (Å²) in [5.74, 6) is -2.32. The van der Waals surface area contributed by atoms with Gasteiger partial charge < -0.3 is 51.2 Å². The number of likely N-dealkylation sites (tertiary alicyclic amines) is 1. The highest BCUT2D eigenvalue weighted by atomic mass is 16.5. The van der Waals surface area contributed by atoms with Crippen molar-refractivity contribution < 1.29 is 43.0 Å². The molecule has 0 spiro atoms. The van der Waals surface area contributed by atoms with E-state index in [1.165, 1.54) is 11.1 Å². The van der Waals surface area contributed by atoms with Gasteiger partial charge in [-0.2, -0.15) is 0 Å². The van der Waals surface area contributed by atoms with Crippen LogP contribution in [0.2, 0.25) is 0 Å². The van der Waals surface area contributed by atoms with Crippen molar-refractivity contribution in [3.05, 3.63) is 136 Å². The molecule has 17 heteroatoms. The minimum Gasteiger partial charge on any atom is -0.423 e. The molecule has 4 aliphatic rings. The predicted molar refractivity (Wildman–Crippen MR) is 305 cm³/mol. The van der Waals surface area contributed by atoms with Crippen LogP contribution in [-0.2, 0) is 65.9 Å². The van der Waals surface area contributed by atoms with Gasteiger partial charge in [-0.05, 0) is 141 Å². The molecule has 0 radical (unpaired) electrons. The minimum atomic E-state index is -0.961. The van der Waals surface area contributed by atoms with E-state index < -0.39 is 65.1 Å². The first-order valence-corrected chi connectivity index (χ1v) is 28.4. The van der Waals surface area contributed by atoms with Crippen molar-refractivity contribution in [2.75, 3.05) is 20.6 Å². The number of aryl methyl sites for hydroxylation is 2. The van der Waals surface area contributed by atoms with Crippen LogP contribution < -0.4 is 36.6 Å². The van der Waals surface area contributed by atoms with Gasteiger partial charge in [-0.15, -0.1) is 0 Å². The number of nitrogens with zero attached hydrogens (tertiary/aromatic N) is 2. The van der Waals surface area contributed by atoms with Gasteiger partial charge in [0.05, 0.1) is 42.4 Å². The molecule has 2 aliphatic carbocycles. The quantitative estimate of drug-likeness (QED) is 0.0509. The molecule has 4 aromatic rings. The Hall–Kier alpha value is -6.95. The highest BCUT2D eigenvalue weighted by Crippen LogP contribution is 2.35. The molecule has 9 unspecified atom stereocenters. The van der Waals surface area contributed by atoms with Crippen LogP contribution in [0.4, 0.5) is 0 Å². The van der Waals surface area contributed by atoms with E-state index in [1.807, 2.05) is 84.0 Å². The lowest BCUT2D eigenvalue weighted by Crippen LogP contribution is -2.62. The van der Waals surface area contributed by atoms with Gasteiger partial charge in [-0.3, -0.25) is 28.8 Å². The zero-order valence-electron chi connectivity index (χ0n) is 48.2. The summed E-state index contributed by atoms with van der Waals surface area (Å²) in [6.07, 6.45) is 5.21. The average molecular weight is 1100 g/mol. The highest BCUT2D eigenvalue weighted by Gasteiger charge is 2.47. The topological polar surface area (TPSA) is 217 Å². The third-order valence-electron chi connectivity index (χ3n) is 16.5. The molecule has 2 heterocycles. The number of carbonyl (C=O) groups is 7. The van der Waals surface area contributed by atoms with E-state index in [4.69, 9.17) is 9.47 Å². The van der Waals surface area contributed by atoms with Crippen molar-refractivity contribution in [3.8, 4) is 5.75 Å². The number of hydrogen-bond acceptors (Lipinski definition) is 11. The molecule has 1 saturated heterocycles. The first-order valence-electron chi connectivity index (χ1n) is 28.4. The number of nitrogens with one attached hydrogen (secondary N) is 6. The van der Waals surface area contributed by atoms with E-state index >= 15 is 0 Å². The summed E-state index contributed by atoms with van der Waals surface area (Å²) >= 11 is 0. The molecule has 6 amide bonds. The Kier molecular flexibility index (Phi) is 18.7. The van der Waals surface area contributed by atoms with E-state index in [-0.39, 0.29) is 85.5 Å². The number of likely N-dealkylation sites (N-methyl/N-ethyl adjacent to an activating group) is 2. The number of hydrogen-bond donors (Lipinski definition) is 6. The number of benzene rings is 4. The third kappa shape index (κ3) is 13.8.